The first-order valence-electron chi connectivity index (χ1n) is 15.8. The predicted molar refractivity (Wildman–Crippen MR) is 163 cm³/mol. The Morgan fingerprint density at radius 3 is 2.60 bits per heavy atom. The van der Waals surface area contributed by atoms with Crippen LogP contribution in [0.3, 0.4) is 0 Å². The van der Waals surface area contributed by atoms with Crippen molar-refractivity contribution in [1.29, 1.82) is 5.26 Å². The van der Waals surface area contributed by atoms with Crippen LogP contribution in [0.15, 0.2) is 35.6 Å². The maximum Gasteiger partial charge on any atom is 0.102 e. The van der Waals surface area contributed by atoms with Crippen LogP contribution in [0.5, 0.6) is 0 Å². The second kappa shape index (κ2) is 11.9. The number of rotatable bonds is 7. The first-order chi connectivity index (χ1) is 19.6. The number of nitrogens with zero attached hydrogens (tertiary/aromatic N) is 4. The minimum absolute atomic E-state index is 0.289. The number of hydrogen-bond donors (Lipinski definition) is 1. The van der Waals surface area contributed by atoms with Crippen molar-refractivity contribution in [1.82, 2.24) is 9.55 Å². The molecule has 2 fully saturated rings. The van der Waals surface area contributed by atoms with Crippen molar-refractivity contribution in [2.45, 2.75) is 109 Å². The van der Waals surface area contributed by atoms with Gasteiger partial charge in [0, 0.05) is 18.9 Å². The molecule has 6 rings (SSSR count). The summed E-state index contributed by atoms with van der Waals surface area (Å²) in [7, 11) is 0. The predicted octanol–water partition coefficient (Wildman–Crippen LogP) is 8.97. The van der Waals surface area contributed by atoms with Crippen molar-refractivity contribution in [2.24, 2.45) is 16.8 Å². The highest BCUT2D eigenvalue weighted by Crippen LogP contribution is 2.49. The molecule has 2 aromatic carbocycles. The lowest BCUT2D eigenvalue weighted by Crippen LogP contribution is -2.21. The number of aromatic nitrogens is 2. The van der Waals surface area contributed by atoms with Gasteiger partial charge in [0.1, 0.15) is 6.07 Å². The van der Waals surface area contributed by atoms with Gasteiger partial charge in [-0.2, -0.15) is 5.26 Å². The van der Waals surface area contributed by atoms with E-state index in [0.29, 0.717) is 29.7 Å². The summed E-state index contributed by atoms with van der Waals surface area (Å²) in [6.45, 7) is 4.86. The minimum Gasteiger partial charge on any atom is -0.396 e. The van der Waals surface area contributed by atoms with Gasteiger partial charge in [-0.1, -0.05) is 52.0 Å². The fraction of sp³-hybridized carbons (Fsp3) is 0.571. The molecule has 2 saturated carbocycles. The molecule has 5 heteroatoms. The molecule has 3 aliphatic rings. The van der Waals surface area contributed by atoms with Gasteiger partial charge in [0.25, 0.3) is 0 Å². The molecule has 2 unspecified atom stereocenters. The summed E-state index contributed by atoms with van der Waals surface area (Å²) in [5, 5.41) is 19.9. The maximum absolute atomic E-state index is 10.5. The van der Waals surface area contributed by atoms with Crippen LogP contribution in [-0.2, 0) is 0 Å². The van der Waals surface area contributed by atoms with Gasteiger partial charge >= 0.3 is 0 Å². The second-order valence-corrected chi connectivity index (χ2v) is 12.6. The topological polar surface area (TPSA) is 74.2 Å². The van der Waals surface area contributed by atoms with Gasteiger partial charge in [-0.05, 0) is 109 Å². The SMILES string of the molecule is CCC1CC=Nc2c(C#N)c(C(C)C3CCC(CCO)CC3)cc(-c3ccc4c(c3)ncn4C3CCCCC3)c21. The highest BCUT2D eigenvalue weighted by molar-refractivity contribution is 5.88. The average molecular weight is 537 g/mol. The van der Waals surface area contributed by atoms with E-state index >= 15 is 0 Å². The Hall–Kier alpha value is -2.97. The van der Waals surface area contributed by atoms with Crippen LogP contribution < -0.4 is 0 Å². The highest BCUT2D eigenvalue weighted by Gasteiger charge is 2.32. The second-order valence-electron chi connectivity index (χ2n) is 12.6. The van der Waals surface area contributed by atoms with Crippen molar-refractivity contribution in [2.75, 3.05) is 6.61 Å². The van der Waals surface area contributed by atoms with Gasteiger partial charge in [0.2, 0.25) is 0 Å². The fourth-order valence-corrected chi connectivity index (χ4v) is 7.99. The summed E-state index contributed by atoms with van der Waals surface area (Å²) in [6, 6.07) is 12.3. The van der Waals surface area contributed by atoms with E-state index < -0.39 is 0 Å². The standard InChI is InChI=1S/C35H44N4O/c1-3-25-15-17-37-35-31(21-36)29(23(2)26-11-9-24(10-12-26)16-18-40)20-30(34(25)35)27-13-14-33-32(19-27)38-22-39(33)28-7-5-4-6-8-28/h13-14,17,19-20,22-26,28,40H,3-12,15-16,18H2,1-2H3. The molecule has 0 spiro atoms. The van der Waals surface area contributed by atoms with E-state index in [1.54, 1.807) is 0 Å². The smallest absolute Gasteiger partial charge is 0.102 e. The molecule has 2 heterocycles. The van der Waals surface area contributed by atoms with Crippen LogP contribution >= 0.6 is 0 Å². The molecular weight excluding hydrogens is 492 g/mol. The molecule has 5 nitrogen and oxygen atoms in total. The number of aliphatic hydroxyl groups is 1. The molecule has 1 aliphatic heterocycles. The van der Waals surface area contributed by atoms with Crippen molar-refractivity contribution in [3.8, 4) is 17.2 Å². The van der Waals surface area contributed by atoms with Gasteiger partial charge in [-0.15, -0.1) is 0 Å². The van der Waals surface area contributed by atoms with E-state index in [1.165, 1.54) is 67.2 Å². The number of aliphatic imine (C=N–C) groups is 1. The Bertz CT molecular complexity index is 1420. The molecule has 3 aromatic rings. The number of hydrogen-bond acceptors (Lipinski definition) is 4. The van der Waals surface area contributed by atoms with E-state index in [0.717, 1.165) is 54.4 Å². The number of aliphatic hydroxyl groups excluding tert-OH is 1. The monoisotopic (exact) mass is 536 g/mol. The normalized spacial score (nSPS) is 24.1. The molecule has 0 saturated heterocycles. The summed E-state index contributed by atoms with van der Waals surface area (Å²) in [5.41, 5.74) is 8.81. The van der Waals surface area contributed by atoms with Crippen LogP contribution in [0, 0.1) is 23.2 Å². The number of benzene rings is 2. The van der Waals surface area contributed by atoms with Crippen molar-refractivity contribution < 1.29 is 5.11 Å². The van der Waals surface area contributed by atoms with Crippen LogP contribution in [0.4, 0.5) is 5.69 Å². The van der Waals surface area contributed by atoms with Crippen LogP contribution in [-0.4, -0.2) is 27.5 Å². The summed E-state index contributed by atoms with van der Waals surface area (Å²) < 4.78 is 2.41. The number of imidazole rings is 1. The third kappa shape index (κ3) is 5.00. The van der Waals surface area contributed by atoms with Crippen molar-refractivity contribution in [3.05, 3.63) is 47.3 Å². The first-order valence-corrected chi connectivity index (χ1v) is 15.8. The molecular formula is C35H44N4O. The Balaban J connectivity index is 1.43. The third-order valence-corrected chi connectivity index (χ3v) is 10.5. The Labute approximate surface area is 239 Å². The largest absolute Gasteiger partial charge is 0.396 e. The zero-order valence-electron chi connectivity index (χ0n) is 24.3. The lowest BCUT2D eigenvalue weighted by molar-refractivity contribution is 0.196. The van der Waals surface area contributed by atoms with Crippen molar-refractivity contribution >= 4 is 22.9 Å². The van der Waals surface area contributed by atoms with Crippen LogP contribution in [0.2, 0.25) is 0 Å². The zero-order valence-corrected chi connectivity index (χ0v) is 24.3. The maximum atomic E-state index is 10.5. The number of nitriles is 1. The molecule has 2 aliphatic carbocycles. The lowest BCUT2D eigenvalue weighted by atomic mass is 9.71. The molecule has 210 valence electrons. The summed E-state index contributed by atoms with van der Waals surface area (Å²) >= 11 is 0. The minimum atomic E-state index is 0.289. The fourth-order valence-electron chi connectivity index (χ4n) is 7.99. The van der Waals surface area contributed by atoms with Crippen molar-refractivity contribution in [3.63, 3.8) is 0 Å². The van der Waals surface area contributed by atoms with Gasteiger partial charge in [0.05, 0.1) is 28.6 Å². The Morgan fingerprint density at radius 1 is 1.07 bits per heavy atom. The van der Waals surface area contributed by atoms with Crippen LogP contribution in [0.1, 0.15) is 125 Å². The third-order valence-electron chi connectivity index (χ3n) is 10.5. The van der Waals surface area contributed by atoms with Gasteiger partial charge in [0.15, 0.2) is 0 Å². The summed E-state index contributed by atoms with van der Waals surface area (Å²) in [4.78, 5) is 9.79. The molecule has 0 bridgehead atoms. The van der Waals surface area contributed by atoms with E-state index in [1.807, 2.05) is 6.21 Å². The van der Waals surface area contributed by atoms with Gasteiger partial charge in [-0.3, -0.25) is 4.99 Å². The first kappa shape index (κ1) is 27.2. The van der Waals surface area contributed by atoms with E-state index in [9.17, 15) is 10.4 Å². The number of fused-ring (bicyclic) bond motifs is 2. The van der Waals surface area contributed by atoms with Crippen LogP contribution in [0.25, 0.3) is 22.2 Å². The average Bonchev–Trinajstić information content (AvgIpc) is 3.44. The lowest BCUT2D eigenvalue weighted by Gasteiger charge is -2.34. The summed E-state index contributed by atoms with van der Waals surface area (Å²) in [5.74, 6) is 1.85. The molecule has 2 atom stereocenters. The highest BCUT2D eigenvalue weighted by atomic mass is 16.3. The summed E-state index contributed by atoms with van der Waals surface area (Å²) in [6.07, 6.45) is 18.1. The van der Waals surface area contributed by atoms with Gasteiger partial charge in [-0.25, -0.2) is 4.98 Å². The Kier molecular flexibility index (Phi) is 8.08. The molecule has 0 radical (unpaired) electrons. The Morgan fingerprint density at radius 2 is 1.88 bits per heavy atom. The quantitative estimate of drug-likeness (QED) is 0.327. The molecule has 1 aromatic heterocycles. The molecule has 0 amide bonds. The zero-order chi connectivity index (χ0) is 27.6. The molecule has 40 heavy (non-hydrogen) atoms. The molecule has 1 N–H and O–H groups in total. The van der Waals surface area contributed by atoms with E-state index in [4.69, 9.17) is 9.98 Å². The van der Waals surface area contributed by atoms with E-state index in [-0.39, 0.29) is 6.61 Å². The van der Waals surface area contributed by atoms with Gasteiger partial charge < -0.3 is 9.67 Å². The van der Waals surface area contributed by atoms with E-state index in [2.05, 4.69) is 55.1 Å².